The van der Waals surface area contributed by atoms with Gasteiger partial charge in [0.2, 0.25) is 0 Å². The maximum Gasteiger partial charge on any atom is 0.507 e. The minimum atomic E-state index is -0.278. The summed E-state index contributed by atoms with van der Waals surface area (Å²) in [5.41, 5.74) is -0.556. The van der Waals surface area contributed by atoms with Crippen LogP contribution in [0.3, 0.4) is 0 Å². The summed E-state index contributed by atoms with van der Waals surface area (Å²) in [5, 5.41) is 1.13. The summed E-state index contributed by atoms with van der Waals surface area (Å²) in [6.45, 7) is 12.6. The molecule has 1 saturated heterocycles. The van der Waals surface area contributed by atoms with E-state index in [1.165, 1.54) is 0 Å². The average Bonchev–Trinajstić information content (AvgIpc) is 2.70. The third kappa shape index (κ3) is 2.28. The fourth-order valence-electron chi connectivity index (χ4n) is 1.64. The Morgan fingerprint density at radius 2 is 1.71 bits per heavy atom. The van der Waals surface area contributed by atoms with Crippen LogP contribution in [-0.4, -0.2) is 23.3 Å². The van der Waals surface area contributed by atoms with Crippen molar-refractivity contribution < 1.29 is 9.31 Å². The van der Waals surface area contributed by atoms with Gasteiger partial charge < -0.3 is 9.31 Å². The van der Waals surface area contributed by atoms with Gasteiger partial charge in [-0.05, 0) is 27.7 Å². The van der Waals surface area contributed by atoms with Gasteiger partial charge >= 0.3 is 7.12 Å². The summed E-state index contributed by atoms with van der Waals surface area (Å²) in [5.74, 6) is 0.455. The molecule has 1 aromatic heterocycles. The molecule has 1 aliphatic rings. The number of rotatable bonds is 2. The molecule has 0 N–H and O–H groups in total. The van der Waals surface area contributed by atoms with Crippen LogP contribution in [0, 0.1) is 0 Å². The molecule has 0 atom stereocenters. The molecule has 17 heavy (non-hydrogen) atoms. The largest absolute Gasteiger partial charge is 0.507 e. The van der Waals surface area contributed by atoms with E-state index >= 15 is 0 Å². The Labute approximate surface area is 108 Å². The lowest BCUT2D eigenvalue weighted by Gasteiger charge is -2.32. The SMILES string of the molecule is CC(C)c1ncc(B2OC(C)(C)C(C)(C)O2)s1. The average molecular weight is 253 g/mol. The first-order valence-electron chi connectivity index (χ1n) is 6.04. The summed E-state index contributed by atoms with van der Waals surface area (Å²) in [7, 11) is -0.273. The van der Waals surface area contributed by atoms with Crippen molar-refractivity contribution in [3.8, 4) is 0 Å². The molecule has 94 valence electrons. The van der Waals surface area contributed by atoms with E-state index in [2.05, 4.69) is 46.5 Å². The van der Waals surface area contributed by atoms with Gasteiger partial charge in [-0.3, -0.25) is 0 Å². The molecule has 0 saturated carbocycles. The Bertz CT molecular complexity index is 398. The van der Waals surface area contributed by atoms with E-state index in [0.29, 0.717) is 5.92 Å². The van der Waals surface area contributed by atoms with E-state index in [0.717, 1.165) is 9.78 Å². The number of hydrogen-bond acceptors (Lipinski definition) is 4. The Morgan fingerprint density at radius 3 is 2.12 bits per heavy atom. The van der Waals surface area contributed by atoms with Crippen molar-refractivity contribution in [2.24, 2.45) is 0 Å². The van der Waals surface area contributed by atoms with Crippen LogP contribution in [0.5, 0.6) is 0 Å². The second-order valence-corrected chi connectivity index (χ2v) is 6.94. The first-order chi connectivity index (χ1) is 7.73. The lowest BCUT2D eigenvalue weighted by atomic mass is 9.89. The summed E-state index contributed by atoms with van der Waals surface area (Å²) in [4.78, 5) is 4.41. The minimum absolute atomic E-state index is 0.273. The molecule has 0 radical (unpaired) electrons. The van der Waals surface area contributed by atoms with Crippen molar-refractivity contribution in [3.63, 3.8) is 0 Å². The van der Waals surface area contributed by atoms with E-state index in [4.69, 9.17) is 9.31 Å². The molecule has 2 heterocycles. The van der Waals surface area contributed by atoms with Gasteiger partial charge in [0.15, 0.2) is 0 Å². The second-order valence-electron chi connectivity index (χ2n) is 5.84. The van der Waals surface area contributed by atoms with Gasteiger partial charge in [-0.2, -0.15) is 0 Å². The highest BCUT2D eigenvalue weighted by molar-refractivity contribution is 7.22. The molecular weight excluding hydrogens is 233 g/mol. The third-order valence-corrected chi connectivity index (χ3v) is 4.84. The summed E-state index contributed by atoms with van der Waals surface area (Å²) >= 11 is 1.68. The first-order valence-corrected chi connectivity index (χ1v) is 6.86. The van der Waals surface area contributed by atoms with Crippen LogP contribution in [0.2, 0.25) is 0 Å². The van der Waals surface area contributed by atoms with Gasteiger partial charge in [-0.15, -0.1) is 11.3 Å². The van der Waals surface area contributed by atoms with Crippen molar-refractivity contribution >= 4 is 23.2 Å². The fraction of sp³-hybridized carbons (Fsp3) is 0.750. The van der Waals surface area contributed by atoms with E-state index in [-0.39, 0.29) is 18.3 Å². The van der Waals surface area contributed by atoms with E-state index < -0.39 is 0 Å². The van der Waals surface area contributed by atoms with Gasteiger partial charge in [-0.1, -0.05) is 13.8 Å². The number of aromatic nitrogens is 1. The van der Waals surface area contributed by atoms with Crippen LogP contribution < -0.4 is 4.78 Å². The molecule has 0 amide bonds. The lowest BCUT2D eigenvalue weighted by Crippen LogP contribution is -2.41. The highest BCUT2D eigenvalue weighted by Crippen LogP contribution is 2.37. The van der Waals surface area contributed by atoms with Crippen LogP contribution in [0.15, 0.2) is 6.20 Å². The molecular formula is C12H20BNO2S. The Kier molecular flexibility index (Phi) is 3.13. The molecule has 1 aromatic rings. The summed E-state index contributed by atoms with van der Waals surface area (Å²) in [6.07, 6.45) is 1.88. The summed E-state index contributed by atoms with van der Waals surface area (Å²) < 4.78 is 13.0. The smallest absolute Gasteiger partial charge is 0.399 e. The third-order valence-electron chi connectivity index (χ3n) is 3.52. The van der Waals surface area contributed by atoms with Crippen LogP contribution >= 0.6 is 11.3 Å². The lowest BCUT2D eigenvalue weighted by molar-refractivity contribution is 0.00578. The predicted molar refractivity (Wildman–Crippen MR) is 71.9 cm³/mol. The van der Waals surface area contributed by atoms with Gasteiger partial charge in [-0.25, -0.2) is 4.98 Å². The fourth-order valence-corrected chi connectivity index (χ4v) is 2.52. The standard InChI is InChI=1S/C12H20BNO2S/c1-8(2)10-14-7-9(17-10)13-15-11(3,4)12(5,6)16-13/h7-8H,1-6H3. The van der Waals surface area contributed by atoms with Gasteiger partial charge in [0.1, 0.15) is 0 Å². The minimum Gasteiger partial charge on any atom is -0.399 e. The molecule has 2 rings (SSSR count). The Hall–Kier alpha value is -0.385. The van der Waals surface area contributed by atoms with Crippen LogP contribution in [0.1, 0.15) is 52.5 Å². The molecule has 3 nitrogen and oxygen atoms in total. The topological polar surface area (TPSA) is 31.4 Å². The first kappa shape index (κ1) is 13.1. The van der Waals surface area contributed by atoms with Crippen LogP contribution in [0.25, 0.3) is 0 Å². The second kappa shape index (κ2) is 4.07. The molecule has 5 heteroatoms. The molecule has 1 aliphatic heterocycles. The molecule has 0 aromatic carbocycles. The van der Waals surface area contributed by atoms with Crippen LogP contribution in [0.4, 0.5) is 0 Å². The van der Waals surface area contributed by atoms with Crippen molar-refractivity contribution in [1.82, 2.24) is 4.98 Å². The van der Waals surface area contributed by atoms with Gasteiger partial charge in [0, 0.05) is 12.1 Å². The van der Waals surface area contributed by atoms with E-state index in [1.54, 1.807) is 11.3 Å². The van der Waals surface area contributed by atoms with E-state index in [1.807, 2.05) is 6.20 Å². The monoisotopic (exact) mass is 253 g/mol. The maximum absolute atomic E-state index is 5.99. The normalized spacial score (nSPS) is 22.4. The molecule has 1 fully saturated rings. The summed E-state index contributed by atoms with van der Waals surface area (Å²) in [6, 6.07) is 0. The predicted octanol–water partition coefficient (Wildman–Crippen LogP) is 2.57. The van der Waals surface area contributed by atoms with Crippen molar-refractivity contribution in [1.29, 1.82) is 0 Å². The number of nitrogens with zero attached hydrogens (tertiary/aromatic N) is 1. The molecule has 0 unspecified atom stereocenters. The zero-order chi connectivity index (χ0) is 12.8. The van der Waals surface area contributed by atoms with Crippen molar-refractivity contribution in [2.45, 2.75) is 58.7 Å². The van der Waals surface area contributed by atoms with Crippen molar-refractivity contribution in [2.75, 3.05) is 0 Å². The van der Waals surface area contributed by atoms with Crippen LogP contribution in [-0.2, 0) is 9.31 Å². The highest BCUT2D eigenvalue weighted by atomic mass is 32.1. The Balaban J connectivity index is 2.20. The molecule has 0 aliphatic carbocycles. The maximum atomic E-state index is 5.99. The number of hydrogen-bond donors (Lipinski definition) is 0. The van der Waals surface area contributed by atoms with Gasteiger partial charge in [0.05, 0.1) is 21.0 Å². The zero-order valence-corrected chi connectivity index (χ0v) is 12.2. The van der Waals surface area contributed by atoms with Gasteiger partial charge in [0.25, 0.3) is 0 Å². The molecule has 0 spiro atoms. The Morgan fingerprint density at radius 1 is 1.18 bits per heavy atom. The highest BCUT2D eigenvalue weighted by Gasteiger charge is 2.52. The molecule has 0 bridgehead atoms. The number of thiazole rings is 1. The quantitative estimate of drug-likeness (QED) is 0.759. The van der Waals surface area contributed by atoms with E-state index in [9.17, 15) is 0 Å². The zero-order valence-electron chi connectivity index (χ0n) is 11.4. The van der Waals surface area contributed by atoms with Crippen molar-refractivity contribution in [3.05, 3.63) is 11.2 Å².